The van der Waals surface area contributed by atoms with Crippen molar-refractivity contribution in [3.05, 3.63) is 67.8 Å². The van der Waals surface area contributed by atoms with Gasteiger partial charge in [-0.1, -0.05) is 12.1 Å². The number of carbonyl (C=O) groups excluding carboxylic acids is 1. The number of benzene rings is 2. The smallest absolute Gasteiger partial charge is 0.423 e. The van der Waals surface area contributed by atoms with E-state index in [0.717, 1.165) is 18.2 Å². The van der Waals surface area contributed by atoms with E-state index in [1.54, 1.807) is 0 Å². The Balaban J connectivity index is 2.46. The molecule has 0 aromatic heterocycles. The van der Waals surface area contributed by atoms with Crippen LogP contribution in [0.2, 0.25) is 0 Å². The van der Waals surface area contributed by atoms with E-state index in [2.05, 4.69) is 4.65 Å². The standard InChI is InChI=1S/C15H13BN2O8/c1-9-4-3-5-13(18(23)24)14(9)26-15(19)10-6-11(16(20)25-2)8-12(7-10)17(21)22/h3-8,20H,1-2H3. The maximum Gasteiger partial charge on any atom is 0.491 e. The van der Waals surface area contributed by atoms with E-state index < -0.39 is 34.3 Å². The topological polar surface area (TPSA) is 142 Å². The van der Waals surface area contributed by atoms with Crippen LogP contribution in [-0.2, 0) is 4.65 Å². The molecule has 0 spiro atoms. The highest BCUT2D eigenvalue weighted by molar-refractivity contribution is 6.60. The summed E-state index contributed by atoms with van der Waals surface area (Å²) in [5, 5.41) is 31.8. The highest BCUT2D eigenvalue weighted by atomic mass is 16.6. The van der Waals surface area contributed by atoms with E-state index in [9.17, 15) is 30.0 Å². The van der Waals surface area contributed by atoms with Crippen LogP contribution in [0, 0.1) is 27.2 Å². The Hall–Kier alpha value is -3.31. The summed E-state index contributed by atoms with van der Waals surface area (Å²) in [6.45, 7) is 1.52. The molecule has 0 atom stereocenters. The minimum absolute atomic E-state index is 0.0343. The van der Waals surface area contributed by atoms with Crippen molar-refractivity contribution < 1.29 is 29.1 Å². The molecule has 0 radical (unpaired) electrons. The number of aryl methyl sites for hydroxylation is 1. The summed E-state index contributed by atoms with van der Waals surface area (Å²) in [5.41, 5.74) is -0.836. The molecule has 0 bridgehead atoms. The summed E-state index contributed by atoms with van der Waals surface area (Å²) >= 11 is 0. The lowest BCUT2D eigenvalue weighted by Gasteiger charge is -2.09. The maximum atomic E-state index is 12.4. The Morgan fingerprint density at radius 1 is 1.15 bits per heavy atom. The minimum atomic E-state index is -1.49. The van der Waals surface area contributed by atoms with Gasteiger partial charge in [0.15, 0.2) is 0 Å². The first kappa shape index (κ1) is 19.0. The number of para-hydroxylation sites is 1. The van der Waals surface area contributed by atoms with Gasteiger partial charge in [0.05, 0.1) is 15.4 Å². The van der Waals surface area contributed by atoms with E-state index in [0.29, 0.717) is 5.56 Å². The predicted molar refractivity (Wildman–Crippen MR) is 90.5 cm³/mol. The van der Waals surface area contributed by atoms with E-state index in [-0.39, 0.29) is 16.8 Å². The SMILES string of the molecule is COB(O)c1cc(C(=O)Oc2c(C)cccc2[N+](=O)[O-])cc([N+](=O)[O-])c1. The predicted octanol–water partition coefficient (Wildman–Crippen LogP) is 1.36. The number of rotatable bonds is 6. The third-order valence-electron chi connectivity index (χ3n) is 3.48. The Kier molecular flexibility index (Phi) is 5.65. The molecule has 0 fully saturated rings. The van der Waals surface area contributed by atoms with Gasteiger partial charge in [0.25, 0.3) is 5.69 Å². The molecule has 26 heavy (non-hydrogen) atoms. The van der Waals surface area contributed by atoms with Crippen molar-refractivity contribution in [2.75, 3.05) is 7.11 Å². The van der Waals surface area contributed by atoms with Crippen LogP contribution >= 0.6 is 0 Å². The lowest BCUT2D eigenvalue weighted by Crippen LogP contribution is -2.33. The average molecular weight is 360 g/mol. The van der Waals surface area contributed by atoms with Gasteiger partial charge in [0.2, 0.25) is 5.75 Å². The first-order valence-electron chi connectivity index (χ1n) is 7.21. The van der Waals surface area contributed by atoms with Crippen LogP contribution in [-0.4, -0.2) is 35.1 Å². The molecule has 11 heteroatoms. The molecule has 0 saturated carbocycles. The summed E-state index contributed by atoms with van der Waals surface area (Å²) in [6.07, 6.45) is 0. The van der Waals surface area contributed by atoms with Gasteiger partial charge in [0.1, 0.15) is 0 Å². The molecule has 0 aliphatic carbocycles. The average Bonchev–Trinajstić information content (AvgIpc) is 2.61. The van der Waals surface area contributed by atoms with Gasteiger partial charge in [0, 0.05) is 25.3 Å². The van der Waals surface area contributed by atoms with Gasteiger partial charge in [-0.3, -0.25) is 20.2 Å². The third-order valence-corrected chi connectivity index (χ3v) is 3.48. The normalized spacial score (nSPS) is 10.3. The fourth-order valence-corrected chi connectivity index (χ4v) is 2.20. The van der Waals surface area contributed by atoms with Crippen molar-refractivity contribution in [1.82, 2.24) is 0 Å². The highest BCUT2D eigenvalue weighted by Gasteiger charge is 2.25. The van der Waals surface area contributed by atoms with Gasteiger partial charge in [-0.2, -0.15) is 0 Å². The third kappa shape index (κ3) is 4.02. The van der Waals surface area contributed by atoms with Gasteiger partial charge in [-0.05, 0) is 24.0 Å². The Morgan fingerprint density at radius 2 is 1.85 bits per heavy atom. The molecule has 0 amide bonds. The Morgan fingerprint density at radius 3 is 2.42 bits per heavy atom. The van der Waals surface area contributed by atoms with E-state index in [1.807, 2.05) is 0 Å². The molecule has 2 rings (SSSR count). The van der Waals surface area contributed by atoms with Crippen molar-refractivity contribution >= 4 is 29.9 Å². The zero-order chi connectivity index (χ0) is 19.4. The second-order valence-corrected chi connectivity index (χ2v) is 5.23. The molecule has 0 aliphatic heterocycles. The molecule has 0 unspecified atom stereocenters. The molecule has 1 N–H and O–H groups in total. The number of nitro benzene ring substituents is 2. The van der Waals surface area contributed by atoms with Gasteiger partial charge < -0.3 is 14.4 Å². The minimum Gasteiger partial charge on any atom is -0.423 e. The first-order valence-corrected chi connectivity index (χ1v) is 7.21. The van der Waals surface area contributed by atoms with E-state index >= 15 is 0 Å². The molecule has 0 saturated heterocycles. The van der Waals surface area contributed by atoms with Crippen LogP contribution < -0.4 is 10.2 Å². The number of hydrogen-bond donors (Lipinski definition) is 1. The summed E-state index contributed by atoms with van der Waals surface area (Å²) in [7, 11) is -0.313. The fourth-order valence-electron chi connectivity index (χ4n) is 2.20. The van der Waals surface area contributed by atoms with Crippen molar-refractivity contribution in [2.45, 2.75) is 6.92 Å². The van der Waals surface area contributed by atoms with Gasteiger partial charge >= 0.3 is 18.8 Å². The zero-order valence-corrected chi connectivity index (χ0v) is 13.7. The monoisotopic (exact) mass is 360 g/mol. The summed E-state index contributed by atoms with van der Waals surface area (Å²) in [6, 6.07) is 7.25. The summed E-state index contributed by atoms with van der Waals surface area (Å²) in [4.78, 5) is 33.1. The lowest BCUT2D eigenvalue weighted by molar-refractivity contribution is -0.385. The van der Waals surface area contributed by atoms with Crippen LogP contribution in [0.1, 0.15) is 15.9 Å². The second kappa shape index (κ2) is 7.72. The molecule has 10 nitrogen and oxygen atoms in total. The van der Waals surface area contributed by atoms with Crippen molar-refractivity contribution in [3.63, 3.8) is 0 Å². The maximum absolute atomic E-state index is 12.4. The fraction of sp³-hybridized carbons (Fsp3) is 0.133. The van der Waals surface area contributed by atoms with Crippen molar-refractivity contribution in [1.29, 1.82) is 0 Å². The second-order valence-electron chi connectivity index (χ2n) is 5.23. The number of non-ortho nitro benzene ring substituents is 1. The first-order chi connectivity index (χ1) is 12.2. The van der Waals surface area contributed by atoms with Crippen LogP contribution in [0.15, 0.2) is 36.4 Å². The molecule has 0 heterocycles. The number of hydrogen-bond acceptors (Lipinski definition) is 8. The molecule has 0 aliphatic rings. The number of nitro groups is 2. The lowest BCUT2D eigenvalue weighted by atomic mass is 9.78. The molecular weight excluding hydrogens is 347 g/mol. The molecular formula is C15H13BN2O8. The Bertz CT molecular complexity index is 886. The Labute approximate surface area is 147 Å². The van der Waals surface area contributed by atoms with Gasteiger partial charge in [-0.15, -0.1) is 0 Å². The number of esters is 1. The largest absolute Gasteiger partial charge is 0.491 e. The van der Waals surface area contributed by atoms with Crippen LogP contribution in [0.3, 0.4) is 0 Å². The van der Waals surface area contributed by atoms with Gasteiger partial charge in [-0.25, -0.2) is 4.79 Å². The quantitative estimate of drug-likeness (QED) is 0.268. The summed E-state index contributed by atoms with van der Waals surface area (Å²) in [5.74, 6) is -1.31. The highest BCUT2D eigenvalue weighted by Crippen LogP contribution is 2.31. The molecule has 134 valence electrons. The zero-order valence-electron chi connectivity index (χ0n) is 13.7. The van der Waals surface area contributed by atoms with Crippen LogP contribution in [0.25, 0.3) is 0 Å². The van der Waals surface area contributed by atoms with Crippen LogP contribution in [0.4, 0.5) is 11.4 Å². The van der Waals surface area contributed by atoms with Crippen LogP contribution in [0.5, 0.6) is 5.75 Å². The molecule has 2 aromatic carbocycles. The van der Waals surface area contributed by atoms with Crippen molar-refractivity contribution in [3.8, 4) is 5.75 Å². The van der Waals surface area contributed by atoms with Crippen molar-refractivity contribution in [2.24, 2.45) is 0 Å². The molecule has 2 aromatic rings. The van der Waals surface area contributed by atoms with E-state index in [4.69, 9.17) is 4.74 Å². The number of ether oxygens (including phenoxy) is 1. The number of carbonyl (C=O) groups is 1. The van der Waals surface area contributed by atoms with E-state index in [1.165, 1.54) is 32.2 Å². The number of nitrogens with zero attached hydrogens (tertiary/aromatic N) is 2. The summed E-state index contributed by atoms with van der Waals surface area (Å²) < 4.78 is 9.79.